The van der Waals surface area contributed by atoms with Crippen LogP contribution in [0.1, 0.15) is 58.8 Å². The van der Waals surface area contributed by atoms with E-state index in [-0.39, 0.29) is 18.4 Å². The second kappa shape index (κ2) is 6.83. The Morgan fingerprint density at radius 2 is 1.70 bits per heavy atom. The molecule has 0 saturated carbocycles. The standard InChI is InChI=1S/C20H21N3O4/c1-20(2,3)16(22-19(26)27)15-12(7-6-10-21-15)11-23-17(24)13-8-4-5-9-14(13)18(23)25/h4-10,16,22H,11H2,1-3H3,(H,26,27). The average Bonchev–Trinajstić information content (AvgIpc) is 2.85. The number of amides is 3. The monoisotopic (exact) mass is 367 g/mol. The highest BCUT2D eigenvalue weighted by Crippen LogP contribution is 2.34. The molecule has 0 radical (unpaired) electrons. The molecule has 0 aliphatic carbocycles. The summed E-state index contributed by atoms with van der Waals surface area (Å²) in [7, 11) is 0. The summed E-state index contributed by atoms with van der Waals surface area (Å²) in [5.74, 6) is -0.715. The van der Waals surface area contributed by atoms with E-state index in [2.05, 4.69) is 10.3 Å². The molecule has 3 rings (SSSR count). The van der Waals surface area contributed by atoms with Crippen molar-refractivity contribution in [1.29, 1.82) is 0 Å². The fraction of sp³-hybridized carbons (Fsp3) is 0.300. The Balaban J connectivity index is 1.97. The van der Waals surface area contributed by atoms with Crippen LogP contribution in [0.3, 0.4) is 0 Å². The molecule has 0 bridgehead atoms. The molecule has 1 aromatic carbocycles. The van der Waals surface area contributed by atoms with Crippen LogP contribution in [0.5, 0.6) is 0 Å². The summed E-state index contributed by atoms with van der Waals surface area (Å²) in [5, 5.41) is 11.7. The molecule has 7 nitrogen and oxygen atoms in total. The van der Waals surface area contributed by atoms with Gasteiger partial charge in [-0.15, -0.1) is 0 Å². The first kappa shape index (κ1) is 18.6. The van der Waals surface area contributed by atoms with Crippen LogP contribution in [0.15, 0.2) is 42.6 Å². The van der Waals surface area contributed by atoms with E-state index in [1.54, 1.807) is 42.6 Å². The first-order valence-electron chi connectivity index (χ1n) is 8.58. The van der Waals surface area contributed by atoms with E-state index in [1.165, 1.54) is 4.90 Å². The quantitative estimate of drug-likeness (QED) is 0.808. The van der Waals surface area contributed by atoms with Crippen LogP contribution in [0.4, 0.5) is 4.79 Å². The van der Waals surface area contributed by atoms with Gasteiger partial charge in [0.15, 0.2) is 0 Å². The van der Waals surface area contributed by atoms with E-state index in [0.717, 1.165) is 0 Å². The molecule has 27 heavy (non-hydrogen) atoms. The number of hydrogen-bond acceptors (Lipinski definition) is 4. The third kappa shape index (κ3) is 3.53. The molecule has 1 aromatic heterocycles. The maximum Gasteiger partial charge on any atom is 0.405 e. The molecule has 7 heteroatoms. The van der Waals surface area contributed by atoms with E-state index in [1.807, 2.05) is 20.8 Å². The molecule has 2 heterocycles. The number of carboxylic acid groups (broad SMARTS) is 1. The van der Waals surface area contributed by atoms with Crippen molar-refractivity contribution in [1.82, 2.24) is 15.2 Å². The van der Waals surface area contributed by atoms with Crippen molar-refractivity contribution in [2.45, 2.75) is 33.4 Å². The highest BCUT2D eigenvalue weighted by Gasteiger charge is 2.37. The van der Waals surface area contributed by atoms with Crippen molar-refractivity contribution in [2.24, 2.45) is 5.41 Å². The maximum absolute atomic E-state index is 12.6. The fourth-order valence-electron chi connectivity index (χ4n) is 3.22. The predicted molar refractivity (Wildman–Crippen MR) is 98.2 cm³/mol. The lowest BCUT2D eigenvalue weighted by Crippen LogP contribution is -2.38. The number of carbonyl (C=O) groups excluding carboxylic acids is 2. The Hall–Kier alpha value is -3.22. The van der Waals surface area contributed by atoms with Gasteiger partial charge in [0.1, 0.15) is 0 Å². The minimum atomic E-state index is -1.16. The SMILES string of the molecule is CC(C)(C)C(NC(=O)O)c1ncccc1CN1C(=O)c2ccccc2C1=O. The van der Waals surface area contributed by atoms with Crippen molar-refractivity contribution in [3.63, 3.8) is 0 Å². The number of nitrogens with zero attached hydrogens (tertiary/aromatic N) is 2. The normalized spacial score (nSPS) is 14.9. The van der Waals surface area contributed by atoms with Crippen LogP contribution in [0, 0.1) is 5.41 Å². The number of imide groups is 1. The molecule has 0 spiro atoms. The predicted octanol–water partition coefficient (Wildman–Crippen LogP) is 3.23. The number of rotatable bonds is 4. The van der Waals surface area contributed by atoms with E-state index in [9.17, 15) is 19.5 Å². The lowest BCUT2D eigenvalue weighted by atomic mass is 9.83. The van der Waals surface area contributed by atoms with Crippen molar-refractivity contribution in [2.75, 3.05) is 0 Å². The summed E-state index contributed by atoms with van der Waals surface area (Å²) in [5.41, 5.74) is 1.43. The van der Waals surface area contributed by atoms with E-state index >= 15 is 0 Å². The van der Waals surface area contributed by atoms with Crippen LogP contribution < -0.4 is 5.32 Å². The number of benzene rings is 1. The summed E-state index contributed by atoms with van der Waals surface area (Å²) >= 11 is 0. The van der Waals surface area contributed by atoms with Gasteiger partial charge in [0.25, 0.3) is 11.8 Å². The topological polar surface area (TPSA) is 99.6 Å². The number of carbonyl (C=O) groups is 3. The third-order valence-electron chi connectivity index (χ3n) is 4.54. The van der Waals surface area contributed by atoms with Crippen molar-refractivity contribution in [3.8, 4) is 0 Å². The van der Waals surface area contributed by atoms with Crippen molar-refractivity contribution < 1.29 is 19.5 Å². The molecule has 140 valence electrons. The Morgan fingerprint density at radius 3 is 2.22 bits per heavy atom. The summed E-state index contributed by atoms with van der Waals surface area (Å²) in [6.07, 6.45) is 0.413. The third-order valence-corrected chi connectivity index (χ3v) is 4.54. The smallest absolute Gasteiger partial charge is 0.405 e. The minimum absolute atomic E-state index is 0.0311. The zero-order chi connectivity index (χ0) is 19.8. The molecular weight excluding hydrogens is 346 g/mol. The molecule has 3 amide bonds. The second-order valence-corrected chi connectivity index (χ2v) is 7.54. The van der Waals surface area contributed by atoms with Gasteiger partial charge in [-0.3, -0.25) is 19.5 Å². The molecule has 1 aliphatic heterocycles. The van der Waals surface area contributed by atoms with Gasteiger partial charge in [0.05, 0.1) is 29.4 Å². The summed E-state index contributed by atoms with van der Waals surface area (Å²) in [6.45, 7) is 5.72. The molecule has 2 N–H and O–H groups in total. The molecule has 0 fully saturated rings. The van der Waals surface area contributed by atoms with Crippen LogP contribution >= 0.6 is 0 Å². The molecule has 1 aliphatic rings. The summed E-state index contributed by atoms with van der Waals surface area (Å²) < 4.78 is 0. The number of nitrogens with one attached hydrogen (secondary N) is 1. The summed E-state index contributed by atoms with van der Waals surface area (Å²) in [4.78, 5) is 42.1. The van der Waals surface area contributed by atoms with Gasteiger partial charge in [0.2, 0.25) is 0 Å². The number of hydrogen-bond donors (Lipinski definition) is 2. The van der Waals surface area contributed by atoms with Crippen LogP contribution in [0.2, 0.25) is 0 Å². The second-order valence-electron chi connectivity index (χ2n) is 7.54. The Kier molecular flexibility index (Phi) is 4.70. The molecule has 1 unspecified atom stereocenters. The van der Waals surface area contributed by atoms with Crippen molar-refractivity contribution in [3.05, 3.63) is 65.0 Å². The maximum atomic E-state index is 12.6. The molecular formula is C20H21N3O4. The van der Waals surface area contributed by atoms with E-state index in [4.69, 9.17) is 0 Å². The van der Waals surface area contributed by atoms with Crippen LogP contribution in [-0.2, 0) is 6.54 Å². The number of fused-ring (bicyclic) bond motifs is 1. The molecule has 1 atom stereocenters. The summed E-state index contributed by atoms with van der Waals surface area (Å²) in [6, 6.07) is 9.56. The van der Waals surface area contributed by atoms with Crippen LogP contribution in [-0.4, -0.2) is 32.9 Å². The minimum Gasteiger partial charge on any atom is -0.465 e. The van der Waals surface area contributed by atoms with E-state index < -0.39 is 17.6 Å². The Bertz CT molecular complexity index is 882. The first-order valence-corrected chi connectivity index (χ1v) is 8.58. The van der Waals surface area contributed by atoms with Gasteiger partial charge in [0, 0.05) is 6.20 Å². The largest absolute Gasteiger partial charge is 0.465 e. The lowest BCUT2D eigenvalue weighted by molar-refractivity contribution is 0.0640. The van der Waals surface area contributed by atoms with Gasteiger partial charge in [-0.05, 0) is 29.2 Å². The van der Waals surface area contributed by atoms with Gasteiger partial charge >= 0.3 is 6.09 Å². The zero-order valence-corrected chi connectivity index (χ0v) is 15.4. The van der Waals surface area contributed by atoms with Gasteiger partial charge in [-0.1, -0.05) is 39.0 Å². The van der Waals surface area contributed by atoms with E-state index in [0.29, 0.717) is 22.4 Å². The highest BCUT2D eigenvalue weighted by atomic mass is 16.4. The van der Waals surface area contributed by atoms with Gasteiger partial charge in [-0.2, -0.15) is 0 Å². The van der Waals surface area contributed by atoms with Crippen LogP contribution in [0.25, 0.3) is 0 Å². The van der Waals surface area contributed by atoms with Gasteiger partial charge < -0.3 is 10.4 Å². The first-order chi connectivity index (χ1) is 12.7. The average molecular weight is 367 g/mol. The Morgan fingerprint density at radius 1 is 1.11 bits per heavy atom. The van der Waals surface area contributed by atoms with Crippen molar-refractivity contribution >= 4 is 17.9 Å². The highest BCUT2D eigenvalue weighted by molar-refractivity contribution is 6.21. The lowest BCUT2D eigenvalue weighted by Gasteiger charge is -2.31. The zero-order valence-electron chi connectivity index (χ0n) is 15.4. The molecule has 2 aromatic rings. The molecule has 0 saturated heterocycles. The number of pyridine rings is 1. The fourth-order valence-corrected chi connectivity index (χ4v) is 3.22. The Labute approximate surface area is 157 Å². The number of aromatic nitrogens is 1. The van der Waals surface area contributed by atoms with Gasteiger partial charge in [-0.25, -0.2) is 4.79 Å².